The molecule has 2 heteroatoms. The molecule has 0 amide bonds. The average Bonchev–Trinajstić information content (AvgIpc) is 2.04. The van der Waals surface area contributed by atoms with Crippen LogP contribution in [0.4, 0.5) is 0 Å². The average molecular weight is 226 g/mol. The van der Waals surface area contributed by atoms with E-state index in [2.05, 4.69) is 34.6 Å². The smallest absolute Gasteiger partial charge is 0.0420 e. The predicted molar refractivity (Wildman–Crippen MR) is 55.8 cm³/mol. The van der Waals surface area contributed by atoms with Crippen LogP contribution in [0.5, 0.6) is 0 Å². The number of hydrogen-bond donors (Lipinski definition) is 0. The second kappa shape index (κ2) is 4.31. The third kappa shape index (κ3) is 2.70. The molecule has 0 heterocycles. The fourth-order valence-corrected chi connectivity index (χ4v) is 1.43. The van der Waals surface area contributed by atoms with Crippen LogP contribution in [0.2, 0.25) is 0 Å². The van der Waals surface area contributed by atoms with Crippen molar-refractivity contribution in [3.63, 3.8) is 0 Å². The fraction of sp³-hybridized carbons (Fsp3) is 0.200. The van der Waals surface area contributed by atoms with Gasteiger partial charge in [0.25, 0.3) is 0 Å². The third-order valence-corrected chi connectivity index (χ3v) is 2.13. The molecule has 12 heavy (non-hydrogen) atoms. The Bertz CT molecular complexity index is 270. The van der Waals surface area contributed by atoms with E-state index in [1.54, 1.807) is 0 Å². The van der Waals surface area contributed by atoms with Gasteiger partial charge in [0.05, 0.1) is 0 Å². The first-order valence-corrected chi connectivity index (χ1v) is 4.59. The Kier molecular flexibility index (Phi) is 3.35. The zero-order valence-electron chi connectivity index (χ0n) is 7.13. The molecular formula is C10H12BrN. The monoisotopic (exact) mass is 225 g/mol. The van der Waals surface area contributed by atoms with Crippen LogP contribution >= 0.6 is 15.9 Å². The minimum Gasteiger partial charge on any atom is -0.377 e. The van der Waals surface area contributed by atoms with E-state index >= 15 is 0 Å². The molecule has 0 radical (unpaired) electrons. The van der Waals surface area contributed by atoms with Crippen LogP contribution in [0, 0.1) is 0 Å². The van der Waals surface area contributed by atoms with Crippen molar-refractivity contribution in [1.29, 1.82) is 0 Å². The maximum absolute atomic E-state index is 3.69. The lowest BCUT2D eigenvalue weighted by Gasteiger charge is -2.12. The zero-order valence-corrected chi connectivity index (χ0v) is 8.71. The Balaban J connectivity index is 2.69. The molecule has 64 valence electrons. The van der Waals surface area contributed by atoms with Gasteiger partial charge < -0.3 is 4.90 Å². The lowest BCUT2D eigenvalue weighted by molar-refractivity contribution is 0.452. The van der Waals surface area contributed by atoms with E-state index in [1.165, 1.54) is 5.56 Å². The number of halogens is 1. The highest BCUT2D eigenvalue weighted by atomic mass is 79.9. The van der Waals surface area contributed by atoms with Crippen LogP contribution in [0.25, 0.3) is 0 Å². The molecule has 1 nitrogen and oxygen atoms in total. The highest BCUT2D eigenvalue weighted by Gasteiger charge is 1.94. The number of rotatable bonds is 3. The molecule has 1 aromatic rings. The normalized spacial score (nSPS) is 9.50. The van der Waals surface area contributed by atoms with Gasteiger partial charge >= 0.3 is 0 Å². The quantitative estimate of drug-likeness (QED) is 0.765. The predicted octanol–water partition coefficient (Wildman–Crippen LogP) is 3.02. The van der Waals surface area contributed by atoms with Crippen molar-refractivity contribution in [2.24, 2.45) is 0 Å². The summed E-state index contributed by atoms with van der Waals surface area (Å²) in [5.74, 6) is 0. The van der Waals surface area contributed by atoms with Gasteiger partial charge in [-0.2, -0.15) is 0 Å². The van der Waals surface area contributed by atoms with E-state index in [9.17, 15) is 0 Å². The minimum atomic E-state index is 0.906. The van der Waals surface area contributed by atoms with Gasteiger partial charge in [-0.05, 0) is 23.9 Å². The Hall–Kier alpha value is -0.760. The third-order valence-electron chi connectivity index (χ3n) is 1.63. The molecule has 0 aliphatic carbocycles. The van der Waals surface area contributed by atoms with E-state index in [0.717, 1.165) is 11.0 Å². The van der Waals surface area contributed by atoms with Crippen molar-refractivity contribution >= 4 is 15.9 Å². The molecule has 0 atom stereocenters. The summed E-state index contributed by atoms with van der Waals surface area (Å²) < 4.78 is 1.12. The largest absolute Gasteiger partial charge is 0.377 e. The summed E-state index contributed by atoms with van der Waals surface area (Å²) in [7, 11) is 2.01. The summed E-state index contributed by atoms with van der Waals surface area (Å²) in [6.45, 7) is 4.60. The van der Waals surface area contributed by atoms with Crippen molar-refractivity contribution in [2.75, 3.05) is 7.05 Å². The summed E-state index contributed by atoms with van der Waals surface area (Å²) >= 11 is 3.43. The summed E-state index contributed by atoms with van der Waals surface area (Å²) in [4.78, 5) is 2.04. The van der Waals surface area contributed by atoms with E-state index < -0.39 is 0 Å². The molecule has 1 aromatic carbocycles. The van der Waals surface area contributed by atoms with Crippen LogP contribution in [0.15, 0.2) is 41.5 Å². The van der Waals surface area contributed by atoms with Crippen LogP contribution in [-0.4, -0.2) is 11.9 Å². The van der Waals surface area contributed by atoms with Crippen molar-refractivity contribution < 1.29 is 0 Å². The molecule has 0 saturated heterocycles. The van der Waals surface area contributed by atoms with E-state index in [0.29, 0.717) is 0 Å². The van der Waals surface area contributed by atoms with Gasteiger partial charge in [0.2, 0.25) is 0 Å². The van der Waals surface area contributed by atoms with Gasteiger partial charge in [-0.25, -0.2) is 0 Å². The number of benzene rings is 1. The first kappa shape index (κ1) is 9.33. The summed E-state index contributed by atoms with van der Waals surface area (Å²) in [5, 5.41) is 0. The molecule has 0 unspecified atom stereocenters. The first-order valence-electron chi connectivity index (χ1n) is 3.79. The standard InChI is InChI=1S/C10H12BrN/c1-3-12(2)8-9-5-4-6-10(11)7-9/h3-7H,1,8H2,2H3. The molecule has 0 bridgehead atoms. The fourth-order valence-electron chi connectivity index (χ4n) is 0.988. The molecule has 0 aliphatic heterocycles. The molecular weight excluding hydrogens is 214 g/mol. The second-order valence-electron chi connectivity index (χ2n) is 2.73. The maximum Gasteiger partial charge on any atom is 0.0420 e. The van der Waals surface area contributed by atoms with Gasteiger partial charge in [0.15, 0.2) is 0 Å². The topological polar surface area (TPSA) is 3.24 Å². The Labute approximate surface area is 81.8 Å². The Morgan fingerprint density at radius 3 is 2.92 bits per heavy atom. The molecule has 0 saturated carbocycles. The number of hydrogen-bond acceptors (Lipinski definition) is 1. The summed E-state index contributed by atoms with van der Waals surface area (Å²) in [6.07, 6.45) is 1.82. The van der Waals surface area contributed by atoms with Crippen LogP contribution in [-0.2, 0) is 6.54 Å². The summed E-state index contributed by atoms with van der Waals surface area (Å²) in [6, 6.07) is 8.28. The second-order valence-corrected chi connectivity index (χ2v) is 3.64. The van der Waals surface area contributed by atoms with Gasteiger partial charge in [0, 0.05) is 18.1 Å². The van der Waals surface area contributed by atoms with Crippen molar-refractivity contribution in [3.8, 4) is 0 Å². The Morgan fingerprint density at radius 2 is 2.33 bits per heavy atom. The van der Waals surface area contributed by atoms with Gasteiger partial charge in [-0.3, -0.25) is 0 Å². The molecule has 0 spiro atoms. The zero-order chi connectivity index (χ0) is 8.97. The highest BCUT2D eigenvalue weighted by Crippen LogP contribution is 2.12. The van der Waals surface area contributed by atoms with E-state index in [-0.39, 0.29) is 0 Å². The summed E-state index contributed by atoms with van der Waals surface area (Å²) in [5.41, 5.74) is 1.28. The Morgan fingerprint density at radius 1 is 1.58 bits per heavy atom. The van der Waals surface area contributed by atoms with Crippen LogP contribution < -0.4 is 0 Å². The maximum atomic E-state index is 3.69. The van der Waals surface area contributed by atoms with E-state index in [1.807, 2.05) is 30.3 Å². The molecule has 0 aliphatic rings. The number of nitrogens with zero attached hydrogens (tertiary/aromatic N) is 1. The van der Waals surface area contributed by atoms with Crippen molar-refractivity contribution in [2.45, 2.75) is 6.54 Å². The molecule has 0 N–H and O–H groups in total. The van der Waals surface area contributed by atoms with Crippen LogP contribution in [0.3, 0.4) is 0 Å². The van der Waals surface area contributed by atoms with Crippen molar-refractivity contribution in [3.05, 3.63) is 47.1 Å². The lowest BCUT2D eigenvalue weighted by Crippen LogP contribution is -2.08. The van der Waals surface area contributed by atoms with Gasteiger partial charge in [-0.1, -0.05) is 34.6 Å². The highest BCUT2D eigenvalue weighted by molar-refractivity contribution is 9.10. The SMILES string of the molecule is C=CN(C)Cc1cccc(Br)c1. The van der Waals surface area contributed by atoms with Crippen LogP contribution in [0.1, 0.15) is 5.56 Å². The molecule has 1 rings (SSSR count). The van der Waals surface area contributed by atoms with Crippen molar-refractivity contribution in [1.82, 2.24) is 4.90 Å². The minimum absolute atomic E-state index is 0.906. The van der Waals surface area contributed by atoms with Gasteiger partial charge in [-0.15, -0.1) is 0 Å². The van der Waals surface area contributed by atoms with E-state index in [4.69, 9.17) is 0 Å². The first-order chi connectivity index (χ1) is 5.72. The molecule has 0 fully saturated rings. The van der Waals surface area contributed by atoms with Gasteiger partial charge in [0.1, 0.15) is 0 Å². The lowest BCUT2D eigenvalue weighted by atomic mass is 10.2. The molecule has 0 aromatic heterocycles.